The summed E-state index contributed by atoms with van der Waals surface area (Å²) in [7, 11) is 0. The van der Waals surface area contributed by atoms with Crippen molar-refractivity contribution in [3.8, 4) is 0 Å². The lowest BCUT2D eigenvalue weighted by Crippen LogP contribution is -2.20. The molecule has 0 atom stereocenters. The monoisotopic (exact) mass is 326 g/mol. The van der Waals surface area contributed by atoms with Crippen molar-refractivity contribution in [2.45, 2.75) is 24.0 Å². The number of rotatable bonds is 4. The van der Waals surface area contributed by atoms with Crippen LogP contribution in [0.3, 0.4) is 0 Å². The molecule has 1 N–H and O–H groups in total. The van der Waals surface area contributed by atoms with Crippen LogP contribution in [-0.2, 0) is 9.53 Å². The van der Waals surface area contributed by atoms with E-state index in [1.54, 1.807) is 6.07 Å². The number of hydrogen-bond acceptors (Lipinski definition) is 4. The van der Waals surface area contributed by atoms with E-state index < -0.39 is 5.97 Å². The van der Waals surface area contributed by atoms with Gasteiger partial charge in [0.1, 0.15) is 0 Å². The number of halogens is 1. The van der Waals surface area contributed by atoms with Gasteiger partial charge in [0.2, 0.25) is 0 Å². The fraction of sp³-hybridized carbons (Fsp3) is 0.429. The van der Waals surface area contributed by atoms with Gasteiger partial charge in [0.25, 0.3) is 0 Å². The molecule has 1 aliphatic rings. The summed E-state index contributed by atoms with van der Waals surface area (Å²) >= 11 is 7.35. The van der Waals surface area contributed by atoms with E-state index in [4.69, 9.17) is 21.4 Å². The van der Waals surface area contributed by atoms with E-state index >= 15 is 0 Å². The highest BCUT2D eigenvalue weighted by Gasteiger charge is 2.22. The average molecular weight is 327 g/mol. The van der Waals surface area contributed by atoms with Crippen LogP contribution in [0, 0.1) is 0 Å². The number of carboxylic acid groups (broad SMARTS) is 1. The molecule has 5 nitrogen and oxygen atoms in total. The number of carboxylic acids is 1. The van der Waals surface area contributed by atoms with Crippen LogP contribution in [0.1, 0.15) is 18.9 Å². The number of benzene rings is 1. The van der Waals surface area contributed by atoms with Crippen molar-refractivity contribution in [3.05, 3.63) is 23.2 Å². The number of aromatic nitrogens is 2. The molecule has 1 aliphatic heterocycles. The molecule has 3 rings (SSSR count). The first-order chi connectivity index (χ1) is 10.1. The molecule has 0 unspecified atom stereocenters. The van der Waals surface area contributed by atoms with Crippen molar-refractivity contribution in [1.29, 1.82) is 0 Å². The Morgan fingerprint density at radius 3 is 2.95 bits per heavy atom. The summed E-state index contributed by atoms with van der Waals surface area (Å²) in [6, 6.07) is 5.85. The summed E-state index contributed by atoms with van der Waals surface area (Å²) in [5.74, 6) is -0.844. The Hall–Kier alpha value is -1.24. The van der Waals surface area contributed by atoms with Gasteiger partial charge in [-0.15, -0.1) is 0 Å². The van der Waals surface area contributed by atoms with Gasteiger partial charge in [-0.2, -0.15) is 0 Å². The Kier molecular flexibility index (Phi) is 4.37. The number of fused-ring (bicyclic) bond motifs is 1. The first-order valence-electron chi connectivity index (χ1n) is 6.75. The highest BCUT2D eigenvalue weighted by atomic mass is 35.5. The average Bonchev–Trinajstić information content (AvgIpc) is 2.83. The van der Waals surface area contributed by atoms with Crippen LogP contribution >= 0.6 is 23.4 Å². The van der Waals surface area contributed by atoms with Crippen LogP contribution in [0.15, 0.2) is 23.4 Å². The zero-order valence-electron chi connectivity index (χ0n) is 11.3. The number of carbonyl (C=O) groups is 1. The molecule has 2 heterocycles. The molecule has 0 saturated carbocycles. The molecule has 0 aliphatic carbocycles. The van der Waals surface area contributed by atoms with Crippen LogP contribution in [0.2, 0.25) is 5.02 Å². The molecular weight excluding hydrogens is 312 g/mol. The summed E-state index contributed by atoms with van der Waals surface area (Å²) in [5, 5.41) is 10.3. The molecule has 1 aromatic carbocycles. The first-order valence-corrected chi connectivity index (χ1v) is 8.11. The molecular formula is C14H15ClN2O3S. The van der Waals surface area contributed by atoms with Gasteiger partial charge in [0.15, 0.2) is 5.16 Å². The second-order valence-corrected chi connectivity index (χ2v) is 6.30. The predicted molar refractivity (Wildman–Crippen MR) is 82.2 cm³/mol. The first kappa shape index (κ1) is 14.7. The zero-order valence-corrected chi connectivity index (χ0v) is 12.9. The molecule has 1 saturated heterocycles. The van der Waals surface area contributed by atoms with Crippen LogP contribution in [0.5, 0.6) is 0 Å². The number of ether oxygens (including phenoxy) is 1. The maximum absolute atomic E-state index is 10.8. The topological polar surface area (TPSA) is 64.3 Å². The Balaban J connectivity index is 2.04. The van der Waals surface area contributed by atoms with Crippen LogP contribution in [-0.4, -0.2) is 39.6 Å². The molecule has 2 aromatic rings. The van der Waals surface area contributed by atoms with E-state index in [-0.39, 0.29) is 11.8 Å². The Labute approximate surface area is 131 Å². The third kappa shape index (κ3) is 3.17. The lowest BCUT2D eigenvalue weighted by atomic mass is 10.1. The van der Waals surface area contributed by atoms with Crippen molar-refractivity contribution in [2.75, 3.05) is 19.0 Å². The van der Waals surface area contributed by atoms with Crippen LogP contribution in [0.25, 0.3) is 11.0 Å². The Morgan fingerprint density at radius 2 is 2.24 bits per heavy atom. The minimum atomic E-state index is -0.844. The number of nitrogens with zero attached hydrogens (tertiary/aromatic N) is 2. The van der Waals surface area contributed by atoms with E-state index in [2.05, 4.69) is 9.55 Å². The third-order valence-corrected chi connectivity index (χ3v) is 4.67. The number of imidazole rings is 1. The summed E-state index contributed by atoms with van der Waals surface area (Å²) in [5.41, 5.74) is 1.81. The molecule has 0 radical (unpaired) electrons. The largest absolute Gasteiger partial charge is 0.481 e. The minimum Gasteiger partial charge on any atom is -0.481 e. The summed E-state index contributed by atoms with van der Waals surface area (Å²) in [6.07, 6.45) is 1.80. The smallest absolute Gasteiger partial charge is 0.313 e. The SMILES string of the molecule is O=C(O)CSc1nc2ccc(Cl)cc2n1C1CCOCC1. The Bertz CT molecular complexity index is 668. The molecule has 7 heteroatoms. The normalized spacial score (nSPS) is 16.4. The van der Waals surface area contributed by atoms with Gasteiger partial charge in [-0.3, -0.25) is 4.79 Å². The maximum atomic E-state index is 10.8. The van der Waals surface area contributed by atoms with Crippen LogP contribution in [0.4, 0.5) is 0 Å². The number of aliphatic carboxylic acids is 1. The van der Waals surface area contributed by atoms with E-state index in [1.807, 2.05) is 12.1 Å². The van der Waals surface area contributed by atoms with E-state index in [0.717, 1.165) is 29.0 Å². The van der Waals surface area contributed by atoms with Crippen molar-refractivity contribution < 1.29 is 14.6 Å². The number of hydrogen-bond donors (Lipinski definition) is 1. The fourth-order valence-electron chi connectivity index (χ4n) is 2.57. The van der Waals surface area contributed by atoms with Crippen molar-refractivity contribution in [2.24, 2.45) is 0 Å². The second kappa shape index (κ2) is 6.25. The quantitative estimate of drug-likeness (QED) is 0.874. The Morgan fingerprint density at radius 1 is 1.48 bits per heavy atom. The third-order valence-electron chi connectivity index (χ3n) is 3.50. The van der Waals surface area contributed by atoms with Gasteiger partial charge in [-0.05, 0) is 31.0 Å². The number of thioether (sulfide) groups is 1. The molecule has 0 bridgehead atoms. The lowest BCUT2D eigenvalue weighted by Gasteiger charge is -2.25. The highest BCUT2D eigenvalue weighted by Crippen LogP contribution is 2.33. The fourth-order valence-corrected chi connectivity index (χ4v) is 3.54. The minimum absolute atomic E-state index is 0.000272. The van der Waals surface area contributed by atoms with E-state index in [1.165, 1.54) is 11.8 Å². The molecule has 1 aromatic heterocycles. The van der Waals surface area contributed by atoms with Gasteiger partial charge in [0, 0.05) is 24.3 Å². The second-order valence-electron chi connectivity index (χ2n) is 4.92. The summed E-state index contributed by atoms with van der Waals surface area (Å²) < 4.78 is 7.53. The lowest BCUT2D eigenvalue weighted by molar-refractivity contribution is -0.133. The highest BCUT2D eigenvalue weighted by molar-refractivity contribution is 7.99. The van der Waals surface area contributed by atoms with Gasteiger partial charge < -0.3 is 14.4 Å². The summed E-state index contributed by atoms with van der Waals surface area (Å²) in [6.45, 7) is 1.43. The van der Waals surface area contributed by atoms with Crippen molar-refractivity contribution in [3.63, 3.8) is 0 Å². The van der Waals surface area contributed by atoms with E-state index in [9.17, 15) is 4.79 Å². The van der Waals surface area contributed by atoms with Gasteiger partial charge in [-0.25, -0.2) is 4.98 Å². The molecule has 0 amide bonds. The summed E-state index contributed by atoms with van der Waals surface area (Å²) in [4.78, 5) is 15.4. The molecule has 112 valence electrons. The molecule has 0 spiro atoms. The predicted octanol–water partition coefficient (Wildman–Crippen LogP) is 3.22. The van der Waals surface area contributed by atoms with Gasteiger partial charge in [0.05, 0.1) is 16.8 Å². The van der Waals surface area contributed by atoms with Crippen LogP contribution < -0.4 is 0 Å². The van der Waals surface area contributed by atoms with Gasteiger partial charge in [-0.1, -0.05) is 23.4 Å². The van der Waals surface area contributed by atoms with E-state index in [0.29, 0.717) is 18.2 Å². The van der Waals surface area contributed by atoms with Crippen molar-refractivity contribution >= 4 is 40.4 Å². The maximum Gasteiger partial charge on any atom is 0.313 e. The van der Waals surface area contributed by atoms with Gasteiger partial charge >= 0.3 is 5.97 Å². The standard InChI is InChI=1S/C14H15ClN2O3S/c15-9-1-2-11-12(7-9)17(10-3-5-20-6-4-10)14(16-11)21-8-13(18)19/h1-2,7,10H,3-6,8H2,(H,18,19). The molecule has 21 heavy (non-hydrogen) atoms. The zero-order chi connectivity index (χ0) is 14.8. The molecule has 1 fully saturated rings. The van der Waals surface area contributed by atoms with Crippen molar-refractivity contribution in [1.82, 2.24) is 9.55 Å².